The molecule has 114 valence electrons. The van der Waals surface area contributed by atoms with Gasteiger partial charge < -0.3 is 5.32 Å². The predicted molar refractivity (Wildman–Crippen MR) is 61.7 cm³/mol. The summed E-state index contributed by atoms with van der Waals surface area (Å²) in [6.07, 6.45) is -10.2. The predicted octanol–water partition coefficient (Wildman–Crippen LogP) is 4.45. The van der Waals surface area contributed by atoms with Crippen molar-refractivity contribution in [2.24, 2.45) is 5.92 Å². The molecule has 7 heteroatoms. The van der Waals surface area contributed by atoms with Crippen LogP contribution in [0.2, 0.25) is 0 Å². The van der Waals surface area contributed by atoms with Crippen LogP contribution in [-0.2, 0) is 0 Å². The van der Waals surface area contributed by atoms with Gasteiger partial charge in [0.1, 0.15) is 0 Å². The zero-order chi connectivity index (χ0) is 15.3. The van der Waals surface area contributed by atoms with Crippen LogP contribution >= 0.6 is 0 Å². The molecule has 0 aliphatic heterocycles. The van der Waals surface area contributed by atoms with Crippen LogP contribution in [0, 0.1) is 5.92 Å². The van der Waals surface area contributed by atoms with E-state index in [-0.39, 0.29) is 13.0 Å². The Kier molecular flexibility index (Phi) is 6.89. The molecule has 0 rings (SSSR count). The molecule has 0 aromatic rings. The number of hydrogen-bond acceptors (Lipinski definition) is 1. The average Bonchev–Trinajstić information content (AvgIpc) is 2.21. The van der Waals surface area contributed by atoms with Gasteiger partial charge in [0.05, 0.1) is 0 Å². The van der Waals surface area contributed by atoms with E-state index in [4.69, 9.17) is 0 Å². The second-order valence-electron chi connectivity index (χ2n) is 4.43. The van der Waals surface area contributed by atoms with Crippen LogP contribution < -0.4 is 5.32 Å². The van der Waals surface area contributed by atoms with Crippen molar-refractivity contribution >= 4 is 0 Å². The number of halogens is 6. The quantitative estimate of drug-likeness (QED) is 0.539. The molecule has 0 heterocycles. The monoisotopic (exact) mass is 291 g/mol. The third-order valence-electron chi connectivity index (χ3n) is 2.77. The minimum Gasteiger partial charge on any atom is -0.313 e. The first-order valence-corrected chi connectivity index (χ1v) is 6.07. The van der Waals surface area contributed by atoms with Crippen LogP contribution in [0.3, 0.4) is 0 Å². The van der Waals surface area contributed by atoms with Gasteiger partial charge in [0.25, 0.3) is 0 Å². The molecule has 0 saturated carbocycles. The Morgan fingerprint density at radius 3 is 1.84 bits per heavy atom. The van der Waals surface area contributed by atoms with Crippen LogP contribution in [0.25, 0.3) is 0 Å². The molecule has 0 aromatic heterocycles. The summed E-state index contributed by atoms with van der Waals surface area (Å²) in [5.74, 6) is -3.37. The van der Waals surface area contributed by atoms with Crippen LogP contribution in [0.5, 0.6) is 0 Å². The third-order valence-corrected chi connectivity index (χ3v) is 2.77. The lowest BCUT2D eigenvalue weighted by molar-refractivity contribution is -0.291. The summed E-state index contributed by atoms with van der Waals surface area (Å²) in [4.78, 5) is 0. The van der Waals surface area contributed by atoms with Crippen molar-refractivity contribution < 1.29 is 26.3 Å². The summed E-state index contributed by atoms with van der Waals surface area (Å²) in [7, 11) is 0. The van der Waals surface area contributed by atoms with Gasteiger partial charge in [-0.25, -0.2) is 0 Å². The summed E-state index contributed by atoms with van der Waals surface area (Å²) in [6.45, 7) is 6.92. The Morgan fingerprint density at radius 2 is 1.53 bits per heavy atom. The molecule has 1 unspecified atom stereocenters. The highest BCUT2D eigenvalue weighted by Crippen LogP contribution is 2.42. The average molecular weight is 291 g/mol. The fourth-order valence-electron chi connectivity index (χ4n) is 1.73. The molecule has 1 nitrogen and oxygen atoms in total. The maximum Gasteiger partial charge on any atom is 0.402 e. The van der Waals surface area contributed by atoms with E-state index in [2.05, 4.69) is 11.9 Å². The molecule has 0 aliphatic rings. The largest absolute Gasteiger partial charge is 0.402 e. The van der Waals surface area contributed by atoms with Gasteiger partial charge in [-0.3, -0.25) is 0 Å². The Bertz CT molecular complexity index is 267. The smallest absolute Gasteiger partial charge is 0.313 e. The molecule has 0 fully saturated rings. The van der Waals surface area contributed by atoms with Crippen molar-refractivity contribution in [3.8, 4) is 0 Å². The highest BCUT2D eigenvalue weighted by molar-refractivity contribution is 5.00. The van der Waals surface area contributed by atoms with Crippen molar-refractivity contribution in [1.29, 1.82) is 0 Å². The van der Waals surface area contributed by atoms with E-state index in [1.54, 1.807) is 13.8 Å². The third kappa shape index (κ3) is 6.31. The van der Waals surface area contributed by atoms with Crippen molar-refractivity contribution in [1.82, 2.24) is 5.32 Å². The summed E-state index contributed by atoms with van der Waals surface area (Å²) in [5.41, 5.74) is 0.368. The number of nitrogens with one attached hydrogen (secondary N) is 1. The lowest BCUT2D eigenvalue weighted by atomic mass is 9.91. The van der Waals surface area contributed by atoms with Crippen molar-refractivity contribution in [3.63, 3.8) is 0 Å². The molecule has 1 N–H and O–H groups in total. The van der Waals surface area contributed by atoms with E-state index >= 15 is 0 Å². The Balaban J connectivity index is 5.18. The Hall–Kier alpha value is -0.720. The molecule has 0 amide bonds. The fourth-order valence-corrected chi connectivity index (χ4v) is 1.73. The second-order valence-corrected chi connectivity index (χ2v) is 4.43. The highest BCUT2D eigenvalue weighted by atomic mass is 19.4. The van der Waals surface area contributed by atoms with Crippen LogP contribution in [0.1, 0.15) is 33.1 Å². The summed E-state index contributed by atoms with van der Waals surface area (Å²) < 4.78 is 75.9. The lowest BCUT2D eigenvalue weighted by Gasteiger charge is -2.31. The molecular weight excluding hydrogens is 272 g/mol. The van der Waals surface area contributed by atoms with E-state index in [0.717, 1.165) is 0 Å². The molecule has 0 radical (unpaired) electrons. The van der Waals surface area contributed by atoms with Crippen LogP contribution in [0.15, 0.2) is 12.2 Å². The Labute approximate surface area is 109 Å². The molecule has 0 aromatic carbocycles. The molecule has 0 aliphatic carbocycles. The molecular formula is C12H19F6N. The van der Waals surface area contributed by atoms with Crippen molar-refractivity contribution in [2.45, 2.75) is 51.5 Å². The molecule has 19 heavy (non-hydrogen) atoms. The first-order valence-electron chi connectivity index (χ1n) is 6.07. The van der Waals surface area contributed by atoms with Gasteiger partial charge >= 0.3 is 12.4 Å². The van der Waals surface area contributed by atoms with Gasteiger partial charge in [-0.2, -0.15) is 26.3 Å². The van der Waals surface area contributed by atoms with E-state index in [0.29, 0.717) is 18.4 Å². The maximum atomic E-state index is 12.7. The van der Waals surface area contributed by atoms with Crippen LogP contribution in [-0.4, -0.2) is 24.9 Å². The first-order chi connectivity index (χ1) is 8.54. The SMILES string of the molecule is C=C(CC)CC(NCCC)C(C(F)(F)F)C(F)(F)F. The van der Waals surface area contributed by atoms with E-state index in [9.17, 15) is 26.3 Å². The van der Waals surface area contributed by atoms with Gasteiger partial charge in [-0.1, -0.05) is 26.0 Å². The van der Waals surface area contributed by atoms with Gasteiger partial charge in [0, 0.05) is 6.04 Å². The Morgan fingerprint density at radius 1 is 1.05 bits per heavy atom. The zero-order valence-corrected chi connectivity index (χ0v) is 11.0. The molecule has 0 bridgehead atoms. The van der Waals surface area contributed by atoms with E-state index in [1.807, 2.05) is 0 Å². The van der Waals surface area contributed by atoms with Crippen molar-refractivity contribution in [3.05, 3.63) is 12.2 Å². The second kappa shape index (κ2) is 7.17. The summed E-state index contributed by atoms with van der Waals surface area (Å²) in [6, 6.07) is -1.72. The minimum atomic E-state index is -5.32. The fraction of sp³-hybridized carbons (Fsp3) is 0.833. The van der Waals surface area contributed by atoms with Crippen LogP contribution in [0.4, 0.5) is 26.3 Å². The number of alkyl halides is 6. The lowest BCUT2D eigenvalue weighted by Crippen LogP contribution is -2.51. The highest BCUT2D eigenvalue weighted by Gasteiger charge is 2.59. The molecule has 0 spiro atoms. The van der Waals surface area contributed by atoms with Gasteiger partial charge in [0.15, 0.2) is 5.92 Å². The number of hydrogen-bond donors (Lipinski definition) is 1. The van der Waals surface area contributed by atoms with Gasteiger partial charge in [0.2, 0.25) is 0 Å². The normalized spacial score (nSPS) is 14.8. The van der Waals surface area contributed by atoms with Gasteiger partial charge in [-0.05, 0) is 25.8 Å². The first kappa shape index (κ1) is 18.3. The van der Waals surface area contributed by atoms with E-state index in [1.165, 1.54) is 0 Å². The summed E-state index contributed by atoms with van der Waals surface area (Å²) >= 11 is 0. The minimum absolute atomic E-state index is 0.102. The number of rotatable bonds is 7. The summed E-state index contributed by atoms with van der Waals surface area (Å²) in [5, 5.41) is 2.35. The molecule has 0 saturated heterocycles. The standard InChI is InChI=1S/C12H19F6N/c1-4-6-19-9(7-8(3)5-2)10(11(13,14)15)12(16,17)18/h9-10,19H,3-7H2,1-2H3. The maximum absolute atomic E-state index is 12.7. The van der Waals surface area contributed by atoms with Crippen molar-refractivity contribution in [2.75, 3.05) is 6.54 Å². The van der Waals surface area contributed by atoms with E-state index < -0.39 is 24.3 Å². The van der Waals surface area contributed by atoms with Gasteiger partial charge in [-0.15, -0.1) is 0 Å². The molecule has 1 atom stereocenters. The zero-order valence-electron chi connectivity index (χ0n) is 11.0. The topological polar surface area (TPSA) is 12.0 Å².